The van der Waals surface area contributed by atoms with Crippen LogP contribution in [0.1, 0.15) is 71.2 Å². The summed E-state index contributed by atoms with van der Waals surface area (Å²) >= 11 is 6.12. The molecule has 1 aliphatic carbocycles. The average Bonchev–Trinajstić information content (AvgIpc) is 3.72. The van der Waals surface area contributed by atoms with Crippen molar-refractivity contribution in [2.75, 3.05) is 60.9 Å². The van der Waals surface area contributed by atoms with Crippen LogP contribution in [0.15, 0.2) is 48.8 Å². The van der Waals surface area contributed by atoms with Crippen LogP contribution in [0.3, 0.4) is 0 Å². The minimum Gasteiger partial charge on any atom is -0.369 e. The zero-order valence-corrected chi connectivity index (χ0v) is 30.7. The van der Waals surface area contributed by atoms with E-state index < -0.39 is 46.9 Å². The molecule has 290 valence electrons. The third kappa shape index (κ3) is 6.94. The lowest BCUT2D eigenvalue weighted by Crippen LogP contribution is -2.54. The summed E-state index contributed by atoms with van der Waals surface area (Å²) < 4.78 is 41.0. The zero-order chi connectivity index (χ0) is 38.6. The molecule has 5 amide bonds. The van der Waals surface area contributed by atoms with E-state index in [9.17, 15) is 37.1 Å². The predicted octanol–water partition coefficient (Wildman–Crippen LogP) is 4.51. The number of piperidine rings is 2. The summed E-state index contributed by atoms with van der Waals surface area (Å²) in [7, 11) is 0. The van der Waals surface area contributed by atoms with E-state index in [0.717, 1.165) is 93.5 Å². The topological polar surface area (TPSA) is 140 Å². The molecule has 55 heavy (non-hydrogen) atoms. The normalized spacial score (nSPS) is 22.1. The fourth-order valence-electron chi connectivity index (χ4n) is 8.40. The van der Waals surface area contributed by atoms with Crippen LogP contribution < -0.4 is 20.4 Å². The molecular formula is C38H40ClF3N8O5. The van der Waals surface area contributed by atoms with E-state index in [1.165, 1.54) is 6.07 Å². The number of benzene rings is 2. The van der Waals surface area contributed by atoms with E-state index in [0.29, 0.717) is 18.8 Å². The largest absolute Gasteiger partial charge is 0.416 e. The number of amides is 5. The number of hydrogen-bond acceptors (Lipinski definition) is 9. The van der Waals surface area contributed by atoms with Gasteiger partial charge in [-0.15, -0.1) is 0 Å². The number of piperazine rings is 1. The maximum Gasteiger partial charge on any atom is 0.416 e. The Balaban J connectivity index is 0.822. The third-order valence-electron chi connectivity index (χ3n) is 11.8. The lowest BCUT2D eigenvalue weighted by molar-refractivity contribution is -0.138. The number of fused-ring (bicyclic) bond motifs is 1. The molecule has 17 heteroatoms. The van der Waals surface area contributed by atoms with Gasteiger partial charge in [0.25, 0.3) is 17.7 Å². The van der Waals surface area contributed by atoms with Crippen LogP contribution in [-0.4, -0.2) is 101 Å². The van der Waals surface area contributed by atoms with Crippen molar-refractivity contribution in [2.45, 2.75) is 62.7 Å². The van der Waals surface area contributed by atoms with E-state index in [4.69, 9.17) is 11.6 Å². The number of rotatable bonds is 8. The van der Waals surface area contributed by atoms with Gasteiger partial charge in [0.15, 0.2) is 0 Å². The van der Waals surface area contributed by atoms with Gasteiger partial charge < -0.3 is 15.1 Å². The van der Waals surface area contributed by atoms with Crippen molar-refractivity contribution >= 4 is 58.2 Å². The van der Waals surface area contributed by atoms with Gasteiger partial charge in [0.2, 0.25) is 11.8 Å². The number of anilines is 3. The SMILES string of the molecule is O=C1CCC(N2C(=O)c3ccc(N4CCN(CC5CCN(c6cnn(C7(C(=O)Nc8ccc(C(F)(F)F)cc8Cl)CCC7)c6)CC5)CC4)cc3C2=O)C(=O)N1. The number of alkyl halides is 3. The van der Waals surface area contributed by atoms with Crippen LogP contribution >= 0.6 is 11.6 Å². The van der Waals surface area contributed by atoms with E-state index in [1.54, 1.807) is 23.0 Å². The summed E-state index contributed by atoms with van der Waals surface area (Å²) in [6, 6.07) is 7.13. The van der Waals surface area contributed by atoms with Crippen molar-refractivity contribution in [3.05, 3.63) is 70.5 Å². The van der Waals surface area contributed by atoms with Gasteiger partial charge in [-0.05, 0) is 80.8 Å². The molecule has 5 heterocycles. The van der Waals surface area contributed by atoms with Crippen LogP contribution in [0.4, 0.5) is 30.2 Å². The van der Waals surface area contributed by atoms with Crippen molar-refractivity contribution in [1.82, 2.24) is 24.9 Å². The Morgan fingerprint density at radius 2 is 1.60 bits per heavy atom. The molecule has 2 N–H and O–H groups in total. The second kappa shape index (κ2) is 14.3. The van der Waals surface area contributed by atoms with Crippen molar-refractivity contribution in [2.24, 2.45) is 5.92 Å². The average molecular weight is 781 g/mol. The van der Waals surface area contributed by atoms with Gasteiger partial charge in [-0.25, -0.2) is 0 Å². The molecule has 4 aliphatic heterocycles. The summed E-state index contributed by atoms with van der Waals surface area (Å²) in [4.78, 5) is 71.9. The molecule has 2 aromatic carbocycles. The van der Waals surface area contributed by atoms with E-state index in [1.807, 2.05) is 12.3 Å². The zero-order valence-electron chi connectivity index (χ0n) is 29.9. The fourth-order valence-corrected chi connectivity index (χ4v) is 8.63. The number of halogens is 4. The minimum absolute atomic E-state index is 0.0733. The van der Waals surface area contributed by atoms with E-state index in [-0.39, 0.29) is 40.6 Å². The Morgan fingerprint density at radius 3 is 2.25 bits per heavy atom. The van der Waals surface area contributed by atoms with Crippen LogP contribution in [-0.2, 0) is 26.1 Å². The summed E-state index contributed by atoms with van der Waals surface area (Å²) in [6.45, 7) is 5.87. The summed E-state index contributed by atoms with van der Waals surface area (Å²) in [5.74, 6) is -1.90. The Labute approximate surface area is 319 Å². The lowest BCUT2D eigenvalue weighted by atomic mass is 9.76. The quantitative estimate of drug-likeness (QED) is 0.316. The van der Waals surface area contributed by atoms with Crippen molar-refractivity contribution in [3.8, 4) is 0 Å². The molecular weight excluding hydrogens is 741 g/mol. The molecule has 5 aliphatic rings. The van der Waals surface area contributed by atoms with Crippen molar-refractivity contribution in [1.29, 1.82) is 0 Å². The Kier molecular flexibility index (Phi) is 9.60. The number of aromatic nitrogens is 2. The summed E-state index contributed by atoms with van der Waals surface area (Å²) in [5.41, 5.74) is 0.627. The lowest BCUT2D eigenvalue weighted by Gasteiger charge is -2.40. The fraction of sp³-hybridized carbons (Fsp3) is 0.474. The smallest absolute Gasteiger partial charge is 0.369 e. The Bertz CT molecular complexity index is 2050. The number of hydrogen-bond donors (Lipinski definition) is 2. The molecule has 0 spiro atoms. The van der Waals surface area contributed by atoms with Gasteiger partial charge >= 0.3 is 6.18 Å². The minimum atomic E-state index is -4.54. The molecule has 1 aromatic heterocycles. The van der Waals surface area contributed by atoms with Crippen molar-refractivity contribution in [3.63, 3.8) is 0 Å². The van der Waals surface area contributed by atoms with Gasteiger partial charge in [0.05, 0.1) is 39.3 Å². The standard InChI is InChI=1S/C38H40ClF3N8O5/c39-29-18-24(38(40,41)42)2-5-30(29)44-36(55)37(10-1-11-37)49-22-26(20-43-49)47-12-8-23(9-13-47)21-46-14-16-48(17-15-46)25-3-4-27-28(19-25)35(54)50(34(27)53)31-6-7-32(51)45-33(31)52/h2-5,18-20,22-23,31H,1,6-17,21H2,(H,44,55)(H,45,51,52). The van der Waals surface area contributed by atoms with Crippen LogP contribution in [0.5, 0.6) is 0 Å². The van der Waals surface area contributed by atoms with E-state index >= 15 is 0 Å². The number of imide groups is 2. The summed E-state index contributed by atoms with van der Waals surface area (Å²) in [5, 5.41) is 9.35. The molecule has 0 radical (unpaired) electrons. The molecule has 3 aromatic rings. The monoisotopic (exact) mass is 780 g/mol. The third-order valence-corrected chi connectivity index (χ3v) is 12.1. The van der Waals surface area contributed by atoms with Gasteiger partial charge in [-0.3, -0.25) is 43.8 Å². The molecule has 0 bridgehead atoms. The van der Waals surface area contributed by atoms with Gasteiger partial charge in [0, 0.05) is 64.1 Å². The number of nitrogens with one attached hydrogen (secondary N) is 2. The van der Waals surface area contributed by atoms with Crippen molar-refractivity contribution < 1.29 is 37.1 Å². The van der Waals surface area contributed by atoms with Gasteiger partial charge in [0.1, 0.15) is 11.6 Å². The first-order valence-corrected chi connectivity index (χ1v) is 19.0. The highest BCUT2D eigenvalue weighted by molar-refractivity contribution is 6.33. The Hall–Kier alpha value is -4.96. The molecule has 13 nitrogen and oxygen atoms in total. The van der Waals surface area contributed by atoms with Crippen LogP contribution in [0.2, 0.25) is 5.02 Å². The second-order valence-electron chi connectivity index (χ2n) is 15.1. The first kappa shape index (κ1) is 37.0. The molecule has 3 saturated heterocycles. The van der Waals surface area contributed by atoms with Gasteiger partial charge in [-0.2, -0.15) is 18.3 Å². The maximum atomic E-state index is 13.5. The van der Waals surface area contributed by atoms with Crippen LogP contribution in [0.25, 0.3) is 0 Å². The first-order valence-electron chi connectivity index (χ1n) is 18.6. The highest BCUT2D eigenvalue weighted by Crippen LogP contribution is 2.42. The molecule has 1 unspecified atom stereocenters. The highest BCUT2D eigenvalue weighted by atomic mass is 35.5. The molecule has 8 rings (SSSR count). The number of nitrogens with zero attached hydrogens (tertiary/aromatic N) is 6. The van der Waals surface area contributed by atoms with Crippen LogP contribution in [0, 0.1) is 5.92 Å². The number of carbonyl (C=O) groups excluding carboxylic acids is 5. The second-order valence-corrected chi connectivity index (χ2v) is 15.5. The predicted molar refractivity (Wildman–Crippen MR) is 196 cm³/mol. The Morgan fingerprint density at radius 1 is 0.891 bits per heavy atom. The van der Waals surface area contributed by atoms with E-state index in [2.05, 4.69) is 30.4 Å². The van der Waals surface area contributed by atoms with Gasteiger partial charge in [-0.1, -0.05) is 11.6 Å². The molecule has 1 atom stereocenters. The highest BCUT2D eigenvalue weighted by Gasteiger charge is 2.48. The number of carbonyl (C=O) groups is 5. The maximum absolute atomic E-state index is 13.5. The molecule has 4 fully saturated rings. The molecule has 1 saturated carbocycles. The first-order chi connectivity index (χ1) is 26.3. The summed E-state index contributed by atoms with van der Waals surface area (Å²) in [6.07, 6.45) is 3.24.